The summed E-state index contributed by atoms with van der Waals surface area (Å²) in [5.41, 5.74) is 0.0543. The molecule has 1 aliphatic heterocycles. The summed E-state index contributed by atoms with van der Waals surface area (Å²) in [6.07, 6.45) is 0. The van der Waals surface area contributed by atoms with Gasteiger partial charge in [0, 0.05) is 37.3 Å². The quantitative estimate of drug-likeness (QED) is 0.864. The Kier molecular flexibility index (Phi) is 4.68. The minimum atomic E-state index is -0.422. The molecule has 1 aromatic rings. The highest BCUT2D eigenvalue weighted by molar-refractivity contribution is 5.94. The molecule has 1 aromatic carbocycles. The highest BCUT2D eigenvalue weighted by atomic mass is 19.1. The van der Waals surface area contributed by atoms with E-state index in [2.05, 4.69) is 5.32 Å². The van der Waals surface area contributed by atoms with Crippen LogP contribution < -0.4 is 5.32 Å². The Balaban J connectivity index is 1.92. The second-order valence-corrected chi connectivity index (χ2v) is 6.47. The van der Waals surface area contributed by atoms with Crippen LogP contribution >= 0.6 is 0 Å². The fraction of sp³-hybridized carbons (Fsp3) is 0.500. The van der Waals surface area contributed by atoms with E-state index >= 15 is 0 Å². The average molecular weight is 307 g/mol. The van der Waals surface area contributed by atoms with Gasteiger partial charge in [-0.2, -0.15) is 0 Å². The van der Waals surface area contributed by atoms with Gasteiger partial charge in [-0.05, 0) is 39.0 Å². The maximum absolute atomic E-state index is 13.2. The van der Waals surface area contributed by atoms with E-state index in [9.17, 15) is 14.0 Å². The van der Waals surface area contributed by atoms with Gasteiger partial charge in [0.25, 0.3) is 5.91 Å². The van der Waals surface area contributed by atoms with Gasteiger partial charge in [-0.25, -0.2) is 9.18 Å². The Morgan fingerprint density at radius 2 is 1.68 bits per heavy atom. The number of benzene rings is 1. The molecule has 22 heavy (non-hydrogen) atoms. The Morgan fingerprint density at radius 1 is 1.09 bits per heavy atom. The van der Waals surface area contributed by atoms with E-state index in [-0.39, 0.29) is 17.5 Å². The van der Waals surface area contributed by atoms with Crippen LogP contribution in [0.25, 0.3) is 0 Å². The highest BCUT2D eigenvalue weighted by Crippen LogP contribution is 2.11. The van der Waals surface area contributed by atoms with E-state index in [4.69, 9.17) is 0 Å². The SMILES string of the molecule is CC(C)(C)NC(=O)N1CCN(C(=O)c2cccc(F)c2)CC1. The van der Waals surface area contributed by atoms with Crippen LogP contribution in [-0.2, 0) is 0 Å². The molecule has 1 heterocycles. The molecule has 0 unspecified atom stereocenters. The molecule has 5 nitrogen and oxygen atoms in total. The number of carbonyl (C=O) groups excluding carboxylic acids is 2. The second kappa shape index (κ2) is 6.34. The third-order valence-electron chi connectivity index (χ3n) is 3.41. The zero-order chi connectivity index (χ0) is 16.3. The number of carbonyl (C=O) groups is 2. The summed E-state index contributed by atoms with van der Waals surface area (Å²) in [5.74, 6) is -0.621. The van der Waals surface area contributed by atoms with Gasteiger partial charge in [0.15, 0.2) is 0 Å². The third-order valence-corrected chi connectivity index (χ3v) is 3.41. The number of piperazine rings is 1. The van der Waals surface area contributed by atoms with Crippen LogP contribution in [0.5, 0.6) is 0 Å². The van der Waals surface area contributed by atoms with Crippen molar-refractivity contribution in [2.45, 2.75) is 26.3 Å². The largest absolute Gasteiger partial charge is 0.335 e. The standard InChI is InChI=1S/C16H22FN3O2/c1-16(2,3)18-15(22)20-9-7-19(8-10-20)14(21)12-5-4-6-13(17)11-12/h4-6,11H,7-10H2,1-3H3,(H,18,22). The lowest BCUT2D eigenvalue weighted by atomic mass is 10.1. The number of rotatable bonds is 1. The molecule has 1 N–H and O–H groups in total. The molecule has 0 saturated carbocycles. The Hall–Kier alpha value is -2.11. The molecule has 0 radical (unpaired) electrons. The summed E-state index contributed by atoms with van der Waals surface area (Å²) in [4.78, 5) is 27.7. The fourth-order valence-corrected chi connectivity index (χ4v) is 2.32. The molecule has 1 saturated heterocycles. The summed E-state index contributed by atoms with van der Waals surface area (Å²) >= 11 is 0. The molecule has 6 heteroatoms. The van der Waals surface area contributed by atoms with Crippen molar-refractivity contribution in [2.75, 3.05) is 26.2 Å². The van der Waals surface area contributed by atoms with Gasteiger partial charge in [-0.3, -0.25) is 4.79 Å². The molecule has 1 fully saturated rings. The van der Waals surface area contributed by atoms with Crippen molar-refractivity contribution in [1.29, 1.82) is 0 Å². The van der Waals surface area contributed by atoms with Crippen LogP contribution in [0, 0.1) is 5.82 Å². The van der Waals surface area contributed by atoms with Crippen molar-refractivity contribution in [3.05, 3.63) is 35.6 Å². The molecular weight excluding hydrogens is 285 g/mol. The van der Waals surface area contributed by atoms with E-state index in [1.54, 1.807) is 15.9 Å². The number of nitrogens with zero attached hydrogens (tertiary/aromatic N) is 2. The lowest BCUT2D eigenvalue weighted by molar-refractivity contribution is 0.0661. The molecule has 0 atom stereocenters. The second-order valence-electron chi connectivity index (χ2n) is 6.47. The van der Waals surface area contributed by atoms with Crippen LogP contribution in [0.2, 0.25) is 0 Å². The molecule has 0 aromatic heterocycles. The maximum Gasteiger partial charge on any atom is 0.317 e. The summed E-state index contributed by atoms with van der Waals surface area (Å²) < 4.78 is 13.2. The first-order valence-corrected chi connectivity index (χ1v) is 7.38. The number of hydrogen-bond acceptors (Lipinski definition) is 2. The number of hydrogen-bond donors (Lipinski definition) is 1. The number of halogens is 1. The molecule has 120 valence electrons. The van der Waals surface area contributed by atoms with Gasteiger partial charge in [-0.15, -0.1) is 0 Å². The van der Waals surface area contributed by atoms with Crippen molar-refractivity contribution < 1.29 is 14.0 Å². The van der Waals surface area contributed by atoms with Crippen molar-refractivity contribution in [3.63, 3.8) is 0 Å². The maximum atomic E-state index is 13.2. The van der Waals surface area contributed by atoms with Gasteiger partial charge in [0.1, 0.15) is 5.82 Å². The molecule has 0 spiro atoms. The lowest BCUT2D eigenvalue weighted by Gasteiger charge is -2.36. The zero-order valence-electron chi connectivity index (χ0n) is 13.2. The molecule has 0 bridgehead atoms. The molecule has 2 rings (SSSR count). The van der Waals surface area contributed by atoms with E-state index in [0.717, 1.165) is 0 Å². The van der Waals surface area contributed by atoms with E-state index in [1.165, 1.54) is 18.2 Å². The number of urea groups is 1. The Labute approximate surface area is 130 Å². The van der Waals surface area contributed by atoms with E-state index in [0.29, 0.717) is 31.7 Å². The van der Waals surface area contributed by atoms with Crippen LogP contribution in [0.4, 0.5) is 9.18 Å². The predicted octanol–water partition coefficient (Wildman–Crippen LogP) is 2.09. The minimum Gasteiger partial charge on any atom is -0.335 e. The minimum absolute atomic E-state index is 0.120. The monoisotopic (exact) mass is 307 g/mol. The Bertz CT molecular complexity index is 561. The van der Waals surface area contributed by atoms with Crippen LogP contribution in [0.3, 0.4) is 0 Å². The molecule has 1 aliphatic rings. The summed E-state index contributed by atoms with van der Waals surface area (Å²) in [7, 11) is 0. The first-order valence-electron chi connectivity index (χ1n) is 7.38. The molecule has 3 amide bonds. The smallest absolute Gasteiger partial charge is 0.317 e. The Morgan fingerprint density at radius 3 is 2.23 bits per heavy atom. The topological polar surface area (TPSA) is 52.7 Å². The summed E-state index contributed by atoms with van der Waals surface area (Å²) in [6, 6.07) is 5.55. The van der Waals surface area contributed by atoms with Crippen molar-refractivity contribution in [1.82, 2.24) is 15.1 Å². The van der Waals surface area contributed by atoms with Gasteiger partial charge in [-0.1, -0.05) is 6.07 Å². The number of nitrogens with one attached hydrogen (secondary N) is 1. The van der Waals surface area contributed by atoms with Crippen molar-refractivity contribution in [3.8, 4) is 0 Å². The van der Waals surface area contributed by atoms with Crippen LogP contribution in [-0.4, -0.2) is 53.5 Å². The fourth-order valence-electron chi connectivity index (χ4n) is 2.32. The third kappa shape index (κ3) is 4.19. The average Bonchev–Trinajstić information content (AvgIpc) is 2.45. The van der Waals surface area contributed by atoms with Gasteiger partial charge in [0.05, 0.1) is 0 Å². The first kappa shape index (κ1) is 16.3. The van der Waals surface area contributed by atoms with Crippen molar-refractivity contribution in [2.24, 2.45) is 0 Å². The molecule has 0 aliphatic carbocycles. The first-order chi connectivity index (χ1) is 10.3. The zero-order valence-corrected chi connectivity index (χ0v) is 13.2. The predicted molar refractivity (Wildman–Crippen MR) is 82.2 cm³/mol. The lowest BCUT2D eigenvalue weighted by Crippen LogP contribution is -2.56. The van der Waals surface area contributed by atoms with Crippen molar-refractivity contribution >= 4 is 11.9 Å². The van der Waals surface area contributed by atoms with Crippen LogP contribution in [0.15, 0.2) is 24.3 Å². The number of amides is 3. The van der Waals surface area contributed by atoms with Gasteiger partial charge < -0.3 is 15.1 Å². The highest BCUT2D eigenvalue weighted by Gasteiger charge is 2.26. The molecular formula is C16H22FN3O2. The van der Waals surface area contributed by atoms with Gasteiger partial charge in [0.2, 0.25) is 0 Å². The summed E-state index contributed by atoms with van der Waals surface area (Å²) in [6.45, 7) is 7.63. The van der Waals surface area contributed by atoms with Gasteiger partial charge >= 0.3 is 6.03 Å². The van der Waals surface area contributed by atoms with Crippen LogP contribution in [0.1, 0.15) is 31.1 Å². The van der Waals surface area contributed by atoms with E-state index < -0.39 is 5.82 Å². The van der Waals surface area contributed by atoms with E-state index in [1.807, 2.05) is 20.8 Å². The normalized spacial score (nSPS) is 15.6. The summed E-state index contributed by atoms with van der Waals surface area (Å²) in [5, 5.41) is 2.91.